The van der Waals surface area contributed by atoms with Crippen LogP contribution in [0.25, 0.3) is 0 Å². The van der Waals surface area contributed by atoms with Crippen LogP contribution in [0.1, 0.15) is 29.6 Å². The normalized spacial score (nSPS) is 24.7. The van der Waals surface area contributed by atoms with Crippen LogP contribution < -0.4 is 5.32 Å². The summed E-state index contributed by atoms with van der Waals surface area (Å²) in [7, 11) is 1.19. The number of carbonyl (C=O) groups is 3. The molecule has 8 heteroatoms. The first kappa shape index (κ1) is 17.2. The van der Waals surface area contributed by atoms with Crippen LogP contribution in [0, 0.1) is 17.2 Å². The number of anilines is 1. The summed E-state index contributed by atoms with van der Waals surface area (Å²) < 4.78 is 18.1. The van der Waals surface area contributed by atoms with Gasteiger partial charge >= 0.3 is 18.0 Å². The molecule has 7 nitrogen and oxygen atoms in total. The van der Waals surface area contributed by atoms with Gasteiger partial charge in [0.05, 0.1) is 23.8 Å². The molecule has 0 unspecified atom stereocenters. The molecule has 1 heterocycles. The number of esters is 1. The number of ether oxygens (including phenoxy) is 1. The number of methoxy groups -OCH3 is 1. The van der Waals surface area contributed by atoms with Crippen LogP contribution in [0.2, 0.25) is 0 Å². The van der Waals surface area contributed by atoms with Crippen LogP contribution in [0.15, 0.2) is 18.2 Å². The van der Waals surface area contributed by atoms with Crippen molar-refractivity contribution in [3.8, 4) is 0 Å². The average molecular weight is 350 g/mol. The number of hydrogen-bond donors (Lipinski definition) is 2. The molecule has 0 bridgehead atoms. The molecule has 134 valence electrons. The Morgan fingerprint density at radius 3 is 2.80 bits per heavy atom. The zero-order chi connectivity index (χ0) is 18.2. The van der Waals surface area contributed by atoms with Gasteiger partial charge in [0.2, 0.25) is 0 Å². The van der Waals surface area contributed by atoms with E-state index in [0.29, 0.717) is 13.0 Å². The number of urea groups is 1. The average Bonchev–Trinajstić information content (AvgIpc) is 3.12. The molecule has 0 spiro atoms. The lowest BCUT2D eigenvalue weighted by Gasteiger charge is -2.23. The molecule has 1 aliphatic heterocycles. The molecule has 25 heavy (non-hydrogen) atoms. The molecule has 2 fully saturated rings. The van der Waals surface area contributed by atoms with E-state index in [1.54, 1.807) is 0 Å². The summed E-state index contributed by atoms with van der Waals surface area (Å²) in [5, 5.41) is 12.1. The number of nitrogens with one attached hydrogen (secondary N) is 1. The molecule has 1 aliphatic carbocycles. The van der Waals surface area contributed by atoms with Crippen molar-refractivity contribution in [2.75, 3.05) is 25.5 Å². The van der Waals surface area contributed by atoms with Crippen LogP contribution >= 0.6 is 0 Å². The highest BCUT2D eigenvalue weighted by Crippen LogP contribution is 2.48. The van der Waals surface area contributed by atoms with Crippen molar-refractivity contribution in [2.45, 2.75) is 19.3 Å². The van der Waals surface area contributed by atoms with Crippen molar-refractivity contribution in [2.24, 2.45) is 11.3 Å². The lowest BCUT2D eigenvalue weighted by atomic mass is 9.81. The van der Waals surface area contributed by atoms with Crippen LogP contribution in [0.5, 0.6) is 0 Å². The van der Waals surface area contributed by atoms with Gasteiger partial charge in [-0.1, -0.05) is 6.42 Å². The van der Waals surface area contributed by atoms with Gasteiger partial charge in [-0.05, 0) is 37.0 Å². The number of amides is 2. The first-order valence-corrected chi connectivity index (χ1v) is 8.04. The Hall–Kier alpha value is -2.64. The number of carboxylic acids is 1. The monoisotopic (exact) mass is 350 g/mol. The van der Waals surface area contributed by atoms with E-state index in [9.17, 15) is 23.9 Å². The fourth-order valence-corrected chi connectivity index (χ4v) is 3.90. The molecular weight excluding hydrogens is 331 g/mol. The lowest BCUT2D eigenvalue weighted by molar-refractivity contribution is -0.149. The fourth-order valence-electron chi connectivity index (χ4n) is 3.90. The molecular formula is C17H19FN2O5. The van der Waals surface area contributed by atoms with Crippen molar-refractivity contribution < 1.29 is 28.6 Å². The smallest absolute Gasteiger partial charge is 0.339 e. The largest absolute Gasteiger partial charge is 0.481 e. The molecule has 1 aromatic carbocycles. The highest BCUT2D eigenvalue weighted by molar-refractivity contribution is 6.01. The molecule has 2 amide bonds. The quantitative estimate of drug-likeness (QED) is 0.816. The van der Waals surface area contributed by atoms with Gasteiger partial charge in [0.15, 0.2) is 0 Å². The lowest BCUT2D eigenvalue weighted by Crippen LogP contribution is -2.38. The maximum atomic E-state index is 13.5. The van der Waals surface area contributed by atoms with E-state index in [4.69, 9.17) is 0 Å². The van der Waals surface area contributed by atoms with Gasteiger partial charge in [0.25, 0.3) is 0 Å². The Kier molecular flexibility index (Phi) is 4.36. The van der Waals surface area contributed by atoms with Gasteiger partial charge in [-0.3, -0.25) is 4.79 Å². The second-order valence-corrected chi connectivity index (χ2v) is 6.54. The van der Waals surface area contributed by atoms with Gasteiger partial charge < -0.3 is 20.1 Å². The third kappa shape index (κ3) is 2.92. The minimum atomic E-state index is -0.898. The Balaban J connectivity index is 1.79. The van der Waals surface area contributed by atoms with Crippen LogP contribution in [0.3, 0.4) is 0 Å². The highest BCUT2D eigenvalue weighted by Gasteiger charge is 2.55. The highest BCUT2D eigenvalue weighted by atomic mass is 19.1. The molecule has 0 radical (unpaired) electrons. The van der Waals surface area contributed by atoms with Crippen LogP contribution in [0.4, 0.5) is 14.9 Å². The van der Waals surface area contributed by atoms with Crippen molar-refractivity contribution in [1.29, 1.82) is 0 Å². The Bertz CT molecular complexity index is 738. The summed E-state index contributed by atoms with van der Waals surface area (Å²) in [6.45, 7) is 0.447. The second-order valence-electron chi connectivity index (χ2n) is 6.54. The van der Waals surface area contributed by atoms with Gasteiger partial charge in [-0.2, -0.15) is 0 Å². The van der Waals surface area contributed by atoms with Gasteiger partial charge in [-0.15, -0.1) is 0 Å². The Labute approximate surface area is 143 Å². The predicted octanol–water partition coefficient (Wildman–Crippen LogP) is 2.33. The predicted molar refractivity (Wildman–Crippen MR) is 85.7 cm³/mol. The number of likely N-dealkylation sites (tertiary alicyclic amines) is 1. The summed E-state index contributed by atoms with van der Waals surface area (Å²) >= 11 is 0. The summed E-state index contributed by atoms with van der Waals surface area (Å²) in [6, 6.07) is 2.81. The van der Waals surface area contributed by atoms with Crippen molar-refractivity contribution in [3.63, 3.8) is 0 Å². The fraction of sp³-hybridized carbons (Fsp3) is 0.471. The summed E-state index contributed by atoms with van der Waals surface area (Å²) in [6.07, 6.45) is 2.15. The van der Waals surface area contributed by atoms with E-state index in [1.807, 2.05) is 0 Å². The molecule has 2 aliphatic rings. The number of hydrogen-bond acceptors (Lipinski definition) is 4. The minimum Gasteiger partial charge on any atom is -0.481 e. The van der Waals surface area contributed by atoms with E-state index in [2.05, 4.69) is 10.1 Å². The number of benzene rings is 1. The Morgan fingerprint density at radius 2 is 2.16 bits per heavy atom. The SMILES string of the molecule is COC(=O)c1ccc(F)cc1NC(=O)N1C[C@@H]2CCC[C@@]2(C(=O)O)C1. The van der Waals surface area contributed by atoms with E-state index >= 15 is 0 Å². The topological polar surface area (TPSA) is 95.9 Å². The number of aliphatic carboxylic acids is 1. The van der Waals surface area contributed by atoms with Gasteiger partial charge in [-0.25, -0.2) is 14.0 Å². The molecule has 2 N–H and O–H groups in total. The van der Waals surface area contributed by atoms with E-state index in [1.165, 1.54) is 18.1 Å². The molecule has 1 saturated heterocycles. The van der Waals surface area contributed by atoms with Crippen molar-refractivity contribution in [3.05, 3.63) is 29.6 Å². The number of rotatable bonds is 3. The summed E-state index contributed by atoms with van der Waals surface area (Å²) in [4.78, 5) is 37.4. The van der Waals surface area contributed by atoms with Gasteiger partial charge in [0.1, 0.15) is 5.82 Å². The maximum absolute atomic E-state index is 13.5. The number of fused-ring (bicyclic) bond motifs is 1. The second kappa shape index (κ2) is 6.34. The third-order valence-electron chi connectivity index (χ3n) is 5.21. The molecule has 2 atom stereocenters. The molecule has 0 aromatic heterocycles. The minimum absolute atomic E-state index is 0.00159. The Morgan fingerprint density at radius 1 is 1.40 bits per heavy atom. The van der Waals surface area contributed by atoms with E-state index in [0.717, 1.165) is 25.0 Å². The number of nitrogens with zero attached hydrogens (tertiary/aromatic N) is 1. The van der Waals surface area contributed by atoms with Crippen LogP contribution in [-0.4, -0.2) is 48.2 Å². The van der Waals surface area contributed by atoms with E-state index < -0.39 is 29.2 Å². The van der Waals surface area contributed by atoms with Crippen LogP contribution in [-0.2, 0) is 9.53 Å². The zero-order valence-corrected chi connectivity index (χ0v) is 13.8. The first-order valence-electron chi connectivity index (χ1n) is 8.04. The number of carboxylic acid groups (broad SMARTS) is 1. The number of halogens is 1. The standard InChI is InChI=1S/C17H19FN2O5/c1-25-14(21)12-5-4-11(18)7-13(12)19-16(24)20-8-10-3-2-6-17(10,9-20)15(22)23/h4-5,7,10H,2-3,6,8-9H2,1H3,(H,19,24)(H,22,23)/t10-,17+/m0/s1. The van der Waals surface area contributed by atoms with Crippen molar-refractivity contribution >= 4 is 23.7 Å². The maximum Gasteiger partial charge on any atom is 0.339 e. The van der Waals surface area contributed by atoms with Crippen molar-refractivity contribution in [1.82, 2.24) is 4.90 Å². The molecule has 1 aromatic rings. The van der Waals surface area contributed by atoms with E-state index in [-0.39, 0.29) is 23.7 Å². The molecule has 1 saturated carbocycles. The summed E-state index contributed by atoms with van der Waals surface area (Å²) in [5.41, 5.74) is -0.868. The number of carbonyl (C=O) groups excluding carboxylic acids is 2. The molecule has 3 rings (SSSR count). The third-order valence-corrected chi connectivity index (χ3v) is 5.21. The zero-order valence-electron chi connectivity index (χ0n) is 13.8. The summed E-state index contributed by atoms with van der Waals surface area (Å²) in [5.74, 6) is -2.27. The van der Waals surface area contributed by atoms with Gasteiger partial charge in [0, 0.05) is 13.1 Å². The first-order chi connectivity index (χ1) is 11.9.